The van der Waals surface area contributed by atoms with Crippen molar-refractivity contribution in [2.45, 2.75) is 38.7 Å². The maximum absolute atomic E-state index is 12.2. The Morgan fingerprint density at radius 1 is 1.50 bits per heavy atom. The van der Waals surface area contributed by atoms with Gasteiger partial charge in [0.2, 0.25) is 5.91 Å². The van der Waals surface area contributed by atoms with Crippen molar-refractivity contribution in [2.75, 3.05) is 18.4 Å². The third-order valence-corrected chi connectivity index (χ3v) is 3.48. The zero-order chi connectivity index (χ0) is 14.4. The van der Waals surface area contributed by atoms with E-state index in [0.29, 0.717) is 18.0 Å². The Morgan fingerprint density at radius 3 is 2.95 bits per heavy atom. The number of alkyl halides is 2. The summed E-state index contributed by atoms with van der Waals surface area (Å²) in [6, 6.07) is 0. The lowest BCUT2D eigenvalue weighted by molar-refractivity contribution is -0.116. The van der Waals surface area contributed by atoms with Gasteiger partial charge in [-0.1, -0.05) is 0 Å². The van der Waals surface area contributed by atoms with Crippen LogP contribution in [0.25, 0.3) is 0 Å². The lowest BCUT2D eigenvalue weighted by Crippen LogP contribution is -2.28. The van der Waals surface area contributed by atoms with E-state index in [1.165, 1.54) is 12.4 Å². The van der Waals surface area contributed by atoms with E-state index in [1.54, 1.807) is 0 Å². The SMILES string of the molecule is O=C(CCC1CCNCC1)Nc1cnn(CC(F)F)c1. The second-order valence-corrected chi connectivity index (χ2v) is 5.12. The Hall–Kier alpha value is -1.50. The fraction of sp³-hybridized carbons (Fsp3) is 0.692. The fourth-order valence-electron chi connectivity index (χ4n) is 2.40. The third-order valence-electron chi connectivity index (χ3n) is 3.48. The highest BCUT2D eigenvalue weighted by atomic mass is 19.3. The van der Waals surface area contributed by atoms with Gasteiger partial charge < -0.3 is 10.6 Å². The van der Waals surface area contributed by atoms with Crippen LogP contribution in [-0.4, -0.2) is 35.2 Å². The van der Waals surface area contributed by atoms with Crippen molar-refractivity contribution in [1.29, 1.82) is 0 Å². The van der Waals surface area contributed by atoms with Gasteiger partial charge >= 0.3 is 0 Å². The molecule has 2 rings (SSSR count). The van der Waals surface area contributed by atoms with Gasteiger partial charge in [-0.15, -0.1) is 0 Å². The van der Waals surface area contributed by atoms with Gasteiger partial charge in [0.1, 0.15) is 6.54 Å². The van der Waals surface area contributed by atoms with Crippen LogP contribution in [-0.2, 0) is 11.3 Å². The molecule has 0 saturated carbocycles. The van der Waals surface area contributed by atoms with E-state index in [1.807, 2.05) is 0 Å². The first-order chi connectivity index (χ1) is 9.63. The minimum Gasteiger partial charge on any atom is -0.323 e. The molecule has 0 spiro atoms. The minimum absolute atomic E-state index is 0.0832. The van der Waals surface area contributed by atoms with Gasteiger partial charge in [0, 0.05) is 12.6 Å². The summed E-state index contributed by atoms with van der Waals surface area (Å²) in [5.74, 6) is 0.517. The van der Waals surface area contributed by atoms with Crippen molar-refractivity contribution in [2.24, 2.45) is 5.92 Å². The molecule has 1 aromatic rings. The zero-order valence-electron chi connectivity index (χ0n) is 11.3. The second-order valence-electron chi connectivity index (χ2n) is 5.12. The van der Waals surface area contributed by atoms with Gasteiger partial charge in [-0.25, -0.2) is 8.78 Å². The molecule has 1 aromatic heterocycles. The number of hydrogen-bond acceptors (Lipinski definition) is 3. The molecule has 1 fully saturated rings. The number of nitrogens with one attached hydrogen (secondary N) is 2. The van der Waals surface area contributed by atoms with Crippen molar-refractivity contribution < 1.29 is 13.6 Å². The molecule has 1 amide bonds. The molecule has 0 bridgehead atoms. The molecule has 5 nitrogen and oxygen atoms in total. The van der Waals surface area contributed by atoms with E-state index in [4.69, 9.17) is 0 Å². The summed E-state index contributed by atoms with van der Waals surface area (Å²) < 4.78 is 25.5. The maximum atomic E-state index is 12.2. The lowest BCUT2D eigenvalue weighted by Gasteiger charge is -2.22. The van der Waals surface area contributed by atoms with Crippen LogP contribution in [0.3, 0.4) is 0 Å². The van der Waals surface area contributed by atoms with Crippen LogP contribution >= 0.6 is 0 Å². The third kappa shape index (κ3) is 4.88. The molecule has 0 radical (unpaired) electrons. The van der Waals surface area contributed by atoms with E-state index < -0.39 is 13.0 Å². The van der Waals surface area contributed by atoms with E-state index >= 15 is 0 Å². The smallest absolute Gasteiger partial charge is 0.257 e. The maximum Gasteiger partial charge on any atom is 0.257 e. The number of rotatable bonds is 6. The molecular weight excluding hydrogens is 266 g/mol. The Balaban J connectivity index is 1.72. The summed E-state index contributed by atoms with van der Waals surface area (Å²) >= 11 is 0. The van der Waals surface area contributed by atoms with Crippen LogP contribution in [0.1, 0.15) is 25.7 Å². The average molecular weight is 286 g/mol. The highest BCUT2D eigenvalue weighted by Crippen LogP contribution is 2.18. The first-order valence-corrected chi connectivity index (χ1v) is 6.94. The van der Waals surface area contributed by atoms with Gasteiger partial charge in [-0.2, -0.15) is 5.10 Å². The number of hydrogen-bond donors (Lipinski definition) is 2. The minimum atomic E-state index is -2.45. The van der Waals surface area contributed by atoms with E-state index in [2.05, 4.69) is 15.7 Å². The first kappa shape index (κ1) is 14.9. The quantitative estimate of drug-likeness (QED) is 0.839. The topological polar surface area (TPSA) is 59.0 Å². The predicted molar refractivity (Wildman–Crippen MR) is 71.7 cm³/mol. The van der Waals surface area contributed by atoms with E-state index in [0.717, 1.165) is 37.0 Å². The van der Waals surface area contributed by atoms with Gasteiger partial charge in [0.25, 0.3) is 6.43 Å². The van der Waals surface area contributed by atoms with Crippen molar-refractivity contribution in [3.63, 3.8) is 0 Å². The molecule has 1 saturated heterocycles. The summed E-state index contributed by atoms with van der Waals surface area (Å²) in [7, 11) is 0. The second kappa shape index (κ2) is 7.33. The largest absolute Gasteiger partial charge is 0.323 e. The van der Waals surface area contributed by atoms with Gasteiger partial charge in [0.05, 0.1) is 11.9 Å². The number of anilines is 1. The molecule has 0 atom stereocenters. The fourth-order valence-corrected chi connectivity index (χ4v) is 2.40. The molecule has 2 heterocycles. The molecule has 112 valence electrons. The molecular formula is C13H20F2N4O. The van der Waals surface area contributed by atoms with Crippen molar-refractivity contribution in [3.05, 3.63) is 12.4 Å². The van der Waals surface area contributed by atoms with Crippen LogP contribution < -0.4 is 10.6 Å². The molecule has 2 N–H and O–H groups in total. The number of amides is 1. The summed E-state index contributed by atoms with van der Waals surface area (Å²) in [5.41, 5.74) is 0.473. The monoisotopic (exact) mass is 286 g/mol. The zero-order valence-corrected chi connectivity index (χ0v) is 11.3. The van der Waals surface area contributed by atoms with Gasteiger partial charge in [-0.05, 0) is 38.3 Å². The van der Waals surface area contributed by atoms with E-state index in [9.17, 15) is 13.6 Å². The molecule has 20 heavy (non-hydrogen) atoms. The normalized spacial score (nSPS) is 16.6. The summed E-state index contributed by atoms with van der Waals surface area (Å²) in [5, 5.41) is 9.75. The van der Waals surface area contributed by atoms with Gasteiger partial charge in [-0.3, -0.25) is 9.48 Å². The standard InChI is InChI=1S/C13H20F2N4O/c14-12(15)9-19-8-11(7-17-19)18-13(20)2-1-10-3-5-16-6-4-10/h7-8,10,12,16H,1-6,9H2,(H,18,20). The van der Waals surface area contributed by atoms with Crippen LogP contribution in [0.5, 0.6) is 0 Å². The number of carbonyl (C=O) groups excluding carboxylic acids is 1. The lowest BCUT2D eigenvalue weighted by atomic mass is 9.93. The van der Waals surface area contributed by atoms with E-state index in [-0.39, 0.29) is 5.91 Å². The van der Waals surface area contributed by atoms with Crippen molar-refractivity contribution in [1.82, 2.24) is 15.1 Å². The number of halogens is 2. The average Bonchev–Trinajstić information content (AvgIpc) is 2.84. The number of piperidine rings is 1. The van der Waals surface area contributed by atoms with Gasteiger partial charge in [0.15, 0.2) is 0 Å². The highest BCUT2D eigenvalue weighted by Gasteiger charge is 2.15. The first-order valence-electron chi connectivity index (χ1n) is 6.94. The van der Waals surface area contributed by atoms with Crippen LogP contribution in [0, 0.1) is 5.92 Å². The predicted octanol–water partition coefficient (Wildman–Crippen LogP) is 1.87. The Bertz CT molecular complexity index is 430. The van der Waals surface area contributed by atoms with Crippen molar-refractivity contribution >= 4 is 11.6 Å². The molecule has 0 aliphatic carbocycles. The van der Waals surface area contributed by atoms with Crippen LogP contribution in [0.15, 0.2) is 12.4 Å². The Kier molecular flexibility index (Phi) is 5.46. The number of carbonyl (C=O) groups is 1. The Labute approximate surface area is 116 Å². The molecule has 7 heteroatoms. The Morgan fingerprint density at radius 2 is 2.25 bits per heavy atom. The summed E-state index contributed by atoms with van der Waals surface area (Å²) in [6.07, 6.45) is 3.93. The molecule has 1 aliphatic heterocycles. The van der Waals surface area contributed by atoms with Crippen molar-refractivity contribution in [3.8, 4) is 0 Å². The number of nitrogens with zero attached hydrogens (tertiary/aromatic N) is 2. The summed E-state index contributed by atoms with van der Waals surface area (Å²) in [6.45, 7) is 1.59. The summed E-state index contributed by atoms with van der Waals surface area (Å²) in [4.78, 5) is 11.8. The number of aromatic nitrogens is 2. The molecule has 1 aliphatic rings. The highest BCUT2D eigenvalue weighted by molar-refractivity contribution is 5.90. The van der Waals surface area contributed by atoms with Crippen LogP contribution in [0.2, 0.25) is 0 Å². The van der Waals surface area contributed by atoms with Crippen LogP contribution in [0.4, 0.5) is 14.5 Å². The molecule has 0 aromatic carbocycles. The molecule has 0 unspecified atom stereocenters.